The molecule has 0 bridgehead atoms. The van der Waals surface area contributed by atoms with E-state index in [0.717, 1.165) is 37.3 Å². The Bertz CT molecular complexity index is 633. The van der Waals surface area contributed by atoms with Crippen molar-refractivity contribution < 1.29 is 4.74 Å². The molecule has 5 heteroatoms. The number of fused-ring (bicyclic) bond motifs is 1. The molecule has 2 aromatic rings. The van der Waals surface area contributed by atoms with E-state index in [1.165, 1.54) is 11.1 Å². The molecule has 1 atom stereocenters. The van der Waals surface area contributed by atoms with Crippen LogP contribution >= 0.6 is 11.6 Å². The number of benzene rings is 1. The number of hydrogen-bond acceptors (Lipinski definition) is 4. The number of rotatable bonds is 5. The number of nitrogens with one attached hydrogen (secondary N) is 1. The Kier molecular flexibility index (Phi) is 4.39. The second kappa shape index (κ2) is 6.43. The van der Waals surface area contributed by atoms with Gasteiger partial charge >= 0.3 is 0 Å². The molecule has 2 heterocycles. The van der Waals surface area contributed by atoms with Gasteiger partial charge in [0.05, 0.1) is 23.4 Å². The van der Waals surface area contributed by atoms with Crippen LogP contribution in [0.5, 0.6) is 5.75 Å². The van der Waals surface area contributed by atoms with Gasteiger partial charge in [-0.1, -0.05) is 23.7 Å². The number of nitrogens with zero attached hydrogens (tertiary/aromatic N) is 1. The Morgan fingerprint density at radius 2 is 2.29 bits per heavy atom. The highest BCUT2D eigenvalue weighted by molar-refractivity contribution is 6.31. The highest BCUT2D eigenvalue weighted by Gasteiger charge is 2.16. The van der Waals surface area contributed by atoms with Crippen molar-refractivity contribution in [1.82, 2.24) is 10.4 Å². The summed E-state index contributed by atoms with van der Waals surface area (Å²) < 4.78 is 5.53. The first kappa shape index (κ1) is 14.3. The molecule has 4 nitrogen and oxygen atoms in total. The van der Waals surface area contributed by atoms with Gasteiger partial charge in [-0.25, -0.2) is 0 Å². The molecular formula is C16H18ClN3O. The van der Waals surface area contributed by atoms with Crippen molar-refractivity contribution in [2.75, 3.05) is 6.61 Å². The quantitative estimate of drug-likeness (QED) is 0.659. The molecule has 0 aliphatic carbocycles. The summed E-state index contributed by atoms with van der Waals surface area (Å²) in [7, 11) is 0. The number of hydrazine groups is 1. The minimum atomic E-state index is -0.0526. The monoisotopic (exact) mass is 303 g/mol. The summed E-state index contributed by atoms with van der Waals surface area (Å²) in [6.07, 6.45) is 4.48. The summed E-state index contributed by atoms with van der Waals surface area (Å²) in [6.45, 7) is 0.787. The summed E-state index contributed by atoms with van der Waals surface area (Å²) in [5.41, 5.74) is 6.18. The lowest BCUT2D eigenvalue weighted by molar-refractivity contribution is 0.357. The van der Waals surface area contributed by atoms with Crippen LogP contribution in [0.3, 0.4) is 0 Å². The third-order valence-electron chi connectivity index (χ3n) is 3.79. The van der Waals surface area contributed by atoms with E-state index in [9.17, 15) is 0 Å². The molecule has 0 saturated carbocycles. The van der Waals surface area contributed by atoms with E-state index >= 15 is 0 Å². The normalized spacial score (nSPS) is 14.6. The maximum absolute atomic E-state index is 6.18. The van der Waals surface area contributed by atoms with Crippen LogP contribution in [0.15, 0.2) is 36.5 Å². The fourth-order valence-corrected chi connectivity index (χ4v) is 2.91. The Hall–Kier alpha value is -1.62. The smallest absolute Gasteiger partial charge is 0.122 e. The lowest BCUT2D eigenvalue weighted by Crippen LogP contribution is -2.29. The van der Waals surface area contributed by atoms with E-state index in [-0.39, 0.29) is 6.04 Å². The van der Waals surface area contributed by atoms with Gasteiger partial charge in [-0.05, 0) is 42.2 Å². The third-order valence-corrected chi connectivity index (χ3v) is 4.11. The summed E-state index contributed by atoms with van der Waals surface area (Å²) in [5.74, 6) is 6.67. The summed E-state index contributed by atoms with van der Waals surface area (Å²) >= 11 is 6.18. The molecule has 21 heavy (non-hydrogen) atoms. The number of aromatic nitrogens is 1. The van der Waals surface area contributed by atoms with Crippen molar-refractivity contribution in [3.8, 4) is 5.75 Å². The zero-order valence-electron chi connectivity index (χ0n) is 11.7. The maximum atomic E-state index is 6.18. The minimum Gasteiger partial charge on any atom is -0.493 e. The van der Waals surface area contributed by atoms with Gasteiger partial charge in [0, 0.05) is 12.6 Å². The van der Waals surface area contributed by atoms with Gasteiger partial charge in [0.25, 0.3) is 0 Å². The van der Waals surface area contributed by atoms with E-state index < -0.39 is 0 Å². The van der Waals surface area contributed by atoms with Crippen molar-refractivity contribution in [2.24, 2.45) is 5.84 Å². The van der Waals surface area contributed by atoms with Crippen molar-refractivity contribution in [1.29, 1.82) is 0 Å². The van der Waals surface area contributed by atoms with Crippen molar-refractivity contribution in [3.63, 3.8) is 0 Å². The van der Waals surface area contributed by atoms with Gasteiger partial charge in [0.2, 0.25) is 0 Å². The molecule has 0 saturated heterocycles. The van der Waals surface area contributed by atoms with Gasteiger partial charge in [0.15, 0.2) is 0 Å². The lowest BCUT2D eigenvalue weighted by Gasteiger charge is -2.16. The average molecular weight is 304 g/mol. The van der Waals surface area contributed by atoms with Crippen molar-refractivity contribution >= 4 is 11.6 Å². The number of aryl methyl sites for hydroxylation is 1. The van der Waals surface area contributed by atoms with E-state index in [1.807, 2.05) is 12.1 Å². The predicted octanol–water partition coefficient (Wildman–Crippen LogP) is 2.81. The first-order chi connectivity index (χ1) is 10.3. The molecule has 1 aliphatic heterocycles. The van der Waals surface area contributed by atoms with E-state index in [4.69, 9.17) is 22.2 Å². The highest BCUT2D eigenvalue weighted by Crippen LogP contribution is 2.28. The lowest BCUT2D eigenvalue weighted by atomic mass is 10.0. The van der Waals surface area contributed by atoms with Gasteiger partial charge < -0.3 is 4.74 Å². The summed E-state index contributed by atoms with van der Waals surface area (Å²) in [6, 6.07) is 9.98. The largest absolute Gasteiger partial charge is 0.493 e. The molecule has 3 N–H and O–H groups in total. The number of ether oxygens (including phenoxy) is 1. The predicted molar refractivity (Wildman–Crippen MR) is 83.3 cm³/mol. The van der Waals surface area contributed by atoms with Crippen LogP contribution in [-0.4, -0.2) is 11.6 Å². The molecular weight excluding hydrogens is 286 g/mol. The van der Waals surface area contributed by atoms with E-state index in [1.54, 1.807) is 6.20 Å². The number of hydrogen-bond donors (Lipinski definition) is 2. The minimum absolute atomic E-state index is 0.0526. The summed E-state index contributed by atoms with van der Waals surface area (Å²) in [4.78, 5) is 4.33. The highest BCUT2D eigenvalue weighted by atomic mass is 35.5. The molecule has 1 unspecified atom stereocenters. The zero-order chi connectivity index (χ0) is 14.7. The van der Waals surface area contributed by atoms with E-state index in [0.29, 0.717) is 5.02 Å². The van der Waals surface area contributed by atoms with Crippen LogP contribution in [-0.2, 0) is 12.8 Å². The number of pyridine rings is 1. The average Bonchev–Trinajstić information content (AvgIpc) is 2.97. The topological polar surface area (TPSA) is 60.2 Å². The first-order valence-corrected chi connectivity index (χ1v) is 7.47. The molecule has 1 aromatic carbocycles. The third kappa shape index (κ3) is 3.18. The molecule has 3 rings (SSSR count). The standard InChI is InChI=1S/C16H18ClN3O/c17-13-2-1-8-19-16(13)14(20-18)5-3-11-4-6-15-12(10-11)7-9-21-15/h1-2,4,6,8,10,14,20H,3,5,7,9,18H2. The van der Waals surface area contributed by atoms with Gasteiger partial charge in [-0.2, -0.15) is 0 Å². The SMILES string of the molecule is NNC(CCc1ccc2c(c1)CCO2)c1ncccc1Cl. The second-order valence-electron chi connectivity index (χ2n) is 5.17. The van der Waals surface area contributed by atoms with Gasteiger partial charge in [-0.3, -0.25) is 16.3 Å². The summed E-state index contributed by atoms with van der Waals surface area (Å²) in [5, 5.41) is 0.641. The molecule has 0 amide bonds. The molecule has 110 valence electrons. The molecule has 0 fully saturated rings. The van der Waals surface area contributed by atoms with Crippen LogP contribution in [0.4, 0.5) is 0 Å². The Morgan fingerprint density at radius 3 is 3.10 bits per heavy atom. The molecule has 1 aliphatic rings. The van der Waals surface area contributed by atoms with Crippen LogP contribution in [0, 0.1) is 0 Å². The van der Waals surface area contributed by atoms with Crippen LogP contribution in [0.2, 0.25) is 5.02 Å². The van der Waals surface area contributed by atoms with Crippen LogP contribution < -0.4 is 16.0 Å². The Morgan fingerprint density at radius 1 is 1.38 bits per heavy atom. The van der Waals surface area contributed by atoms with E-state index in [2.05, 4.69) is 28.6 Å². The number of nitrogens with two attached hydrogens (primary N) is 1. The Balaban J connectivity index is 1.70. The van der Waals surface area contributed by atoms with Gasteiger partial charge in [-0.15, -0.1) is 0 Å². The zero-order valence-corrected chi connectivity index (χ0v) is 12.4. The maximum Gasteiger partial charge on any atom is 0.122 e. The van der Waals surface area contributed by atoms with Gasteiger partial charge in [0.1, 0.15) is 5.75 Å². The second-order valence-corrected chi connectivity index (χ2v) is 5.58. The molecule has 1 aromatic heterocycles. The van der Waals surface area contributed by atoms with Crippen molar-refractivity contribution in [3.05, 3.63) is 58.4 Å². The molecule has 0 radical (unpaired) electrons. The van der Waals surface area contributed by atoms with Crippen LogP contribution in [0.25, 0.3) is 0 Å². The first-order valence-electron chi connectivity index (χ1n) is 7.09. The fraction of sp³-hybridized carbons (Fsp3) is 0.312. The Labute approximate surface area is 129 Å². The fourth-order valence-electron chi connectivity index (χ4n) is 2.66. The molecule has 0 spiro atoms. The number of halogens is 1. The van der Waals surface area contributed by atoms with Crippen molar-refractivity contribution in [2.45, 2.75) is 25.3 Å². The van der Waals surface area contributed by atoms with Crippen LogP contribution in [0.1, 0.15) is 29.3 Å².